The number of rotatable bonds is 4. The van der Waals surface area contributed by atoms with Gasteiger partial charge in [-0.25, -0.2) is 4.39 Å². The molecule has 23 heavy (non-hydrogen) atoms. The van der Waals surface area contributed by atoms with E-state index in [1.54, 1.807) is 36.4 Å². The second-order valence-corrected chi connectivity index (χ2v) is 5.07. The van der Waals surface area contributed by atoms with Gasteiger partial charge >= 0.3 is 0 Å². The first-order valence-corrected chi connectivity index (χ1v) is 7.06. The fourth-order valence-electron chi connectivity index (χ4n) is 2.18. The number of carbonyl (C=O) groups excluding carboxylic acids is 1. The van der Waals surface area contributed by atoms with Crippen molar-refractivity contribution in [2.75, 3.05) is 0 Å². The highest BCUT2D eigenvalue weighted by Gasteiger charge is 2.12. The molecule has 0 aliphatic rings. The van der Waals surface area contributed by atoms with Crippen molar-refractivity contribution in [1.29, 1.82) is 0 Å². The molecule has 1 amide bonds. The molecule has 1 atom stereocenters. The van der Waals surface area contributed by atoms with Crippen LogP contribution in [0.5, 0.6) is 0 Å². The summed E-state index contributed by atoms with van der Waals surface area (Å²) in [7, 11) is 0. The molecule has 116 valence electrons. The lowest BCUT2D eigenvalue weighted by Gasteiger charge is -2.14. The number of aromatic nitrogens is 2. The van der Waals surface area contributed by atoms with E-state index in [4.69, 9.17) is 4.42 Å². The maximum atomic E-state index is 12.9. The lowest BCUT2D eigenvalue weighted by molar-refractivity contribution is 0.0940. The average Bonchev–Trinajstić information content (AvgIpc) is 3.10. The van der Waals surface area contributed by atoms with Crippen molar-refractivity contribution in [2.24, 2.45) is 0 Å². The van der Waals surface area contributed by atoms with Gasteiger partial charge in [0.2, 0.25) is 12.3 Å². The van der Waals surface area contributed by atoms with E-state index in [0.29, 0.717) is 11.5 Å². The smallest absolute Gasteiger partial charge is 0.251 e. The van der Waals surface area contributed by atoms with Gasteiger partial charge in [-0.05, 0) is 48.9 Å². The summed E-state index contributed by atoms with van der Waals surface area (Å²) in [4.78, 5) is 12.3. The predicted molar refractivity (Wildman–Crippen MR) is 82.0 cm³/mol. The van der Waals surface area contributed by atoms with Gasteiger partial charge in [-0.2, -0.15) is 0 Å². The highest BCUT2D eigenvalue weighted by Crippen LogP contribution is 2.18. The van der Waals surface area contributed by atoms with E-state index < -0.39 is 0 Å². The largest absolute Gasteiger partial charge is 0.423 e. The van der Waals surface area contributed by atoms with Crippen molar-refractivity contribution in [3.8, 4) is 11.5 Å². The molecule has 0 spiro atoms. The Labute approximate surface area is 132 Å². The highest BCUT2D eigenvalue weighted by molar-refractivity contribution is 5.94. The molecule has 1 heterocycles. The van der Waals surface area contributed by atoms with Crippen molar-refractivity contribution in [1.82, 2.24) is 15.5 Å². The van der Waals surface area contributed by atoms with Crippen LogP contribution in [0.4, 0.5) is 4.39 Å². The Hall–Kier alpha value is -3.02. The molecule has 0 unspecified atom stereocenters. The molecule has 0 aliphatic carbocycles. The second-order valence-electron chi connectivity index (χ2n) is 5.07. The minimum Gasteiger partial charge on any atom is -0.423 e. The van der Waals surface area contributed by atoms with Crippen LogP contribution in [0.25, 0.3) is 11.5 Å². The fraction of sp³-hybridized carbons (Fsp3) is 0.118. The Morgan fingerprint density at radius 2 is 1.83 bits per heavy atom. The normalized spacial score (nSPS) is 11.9. The Balaban J connectivity index is 1.69. The van der Waals surface area contributed by atoms with Crippen LogP contribution in [-0.2, 0) is 0 Å². The number of benzene rings is 2. The molecule has 0 aliphatic heterocycles. The summed E-state index contributed by atoms with van der Waals surface area (Å²) in [6, 6.07) is 12.7. The molecule has 0 saturated carbocycles. The van der Waals surface area contributed by atoms with E-state index in [2.05, 4.69) is 15.5 Å². The van der Waals surface area contributed by atoms with Crippen molar-refractivity contribution < 1.29 is 13.6 Å². The number of hydrogen-bond acceptors (Lipinski definition) is 4. The Kier molecular flexibility index (Phi) is 4.14. The maximum Gasteiger partial charge on any atom is 0.251 e. The zero-order valence-electron chi connectivity index (χ0n) is 12.4. The molecular weight excluding hydrogens is 297 g/mol. The molecule has 5 nitrogen and oxygen atoms in total. The van der Waals surface area contributed by atoms with Crippen molar-refractivity contribution in [3.05, 3.63) is 71.9 Å². The minimum absolute atomic E-state index is 0.209. The molecule has 0 radical (unpaired) electrons. The summed E-state index contributed by atoms with van der Waals surface area (Å²) in [5.41, 5.74) is 2.09. The van der Waals surface area contributed by atoms with Crippen LogP contribution < -0.4 is 5.32 Å². The van der Waals surface area contributed by atoms with Gasteiger partial charge in [0.1, 0.15) is 5.82 Å². The van der Waals surface area contributed by atoms with Crippen LogP contribution in [0.2, 0.25) is 0 Å². The molecule has 0 fully saturated rings. The standard InChI is InChI=1S/C17H14FN3O2/c1-11(12-6-8-15(18)9-7-12)20-16(22)13-2-4-14(5-3-13)17-21-19-10-23-17/h2-11H,1H3,(H,20,22)/t11-/m0/s1. The molecule has 6 heteroatoms. The quantitative estimate of drug-likeness (QED) is 0.802. The Bertz CT molecular complexity index is 784. The van der Waals surface area contributed by atoms with E-state index in [1.165, 1.54) is 18.5 Å². The first-order chi connectivity index (χ1) is 11.1. The molecule has 1 aromatic heterocycles. The zero-order valence-corrected chi connectivity index (χ0v) is 12.4. The lowest BCUT2D eigenvalue weighted by Crippen LogP contribution is -2.26. The maximum absolute atomic E-state index is 12.9. The molecule has 3 aromatic rings. The molecule has 3 rings (SSSR count). The van der Waals surface area contributed by atoms with E-state index in [0.717, 1.165) is 11.1 Å². The van der Waals surface area contributed by atoms with Crippen molar-refractivity contribution >= 4 is 5.91 Å². The summed E-state index contributed by atoms with van der Waals surface area (Å²) in [6.07, 6.45) is 1.25. The number of amides is 1. The van der Waals surface area contributed by atoms with Crippen LogP contribution in [0, 0.1) is 5.82 Å². The van der Waals surface area contributed by atoms with Gasteiger partial charge < -0.3 is 9.73 Å². The monoisotopic (exact) mass is 311 g/mol. The van der Waals surface area contributed by atoms with Gasteiger partial charge in [-0.3, -0.25) is 4.79 Å². The third kappa shape index (κ3) is 3.42. The minimum atomic E-state index is -0.302. The van der Waals surface area contributed by atoms with Crippen LogP contribution >= 0.6 is 0 Å². The topological polar surface area (TPSA) is 68.0 Å². The van der Waals surface area contributed by atoms with Crippen molar-refractivity contribution in [2.45, 2.75) is 13.0 Å². The summed E-state index contributed by atoms with van der Waals surface area (Å²) < 4.78 is 18.0. The van der Waals surface area contributed by atoms with E-state index in [-0.39, 0.29) is 17.8 Å². The molecular formula is C17H14FN3O2. The van der Waals surface area contributed by atoms with Crippen LogP contribution in [0.3, 0.4) is 0 Å². The average molecular weight is 311 g/mol. The van der Waals surface area contributed by atoms with Crippen LogP contribution in [-0.4, -0.2) is 16.1 Å². The number of halogens is 1. The second kappa shape index (κ2) is 6.39. The van der Waals surface area contributed by atoms with Gasteiger partial charge in [0.25, 0.3) is 5.91 Å². The summed E-state index contributed by atoms with van der Waals surface area (Å²) in [6.45, 7) is 1.85. The number of carbonyl (C=O) groups is 1. The number of hydrogen-bond donors (Lipinski definition) is 1. The molecule has 0 bridgehead atoms. The SMILES string of the molecule is C[C@H](NC(=O)c1ccc(-c2nnco2)cc1)c1ccc(F)cc1. The molecule has 1 N–H and O–H groups in total. The van der Waals surface area contributed by atoms with Gasteiger partial charge in [-0.1, -0.05) is 12.1 Å². The van der Waals surface area contributed by atoms with Crippen LogP contribution in [0.15, 0.2) is 59.3 Å². The van der Waals surface area contributed by atoms with E-state index in [9.17, 15) is 9.18 Å². The first kappa shape index (κ1) is 14.9. The van der Waals surface area contributed by atoms with Crippen molar-refractivity contribution in [3.63, 3.8) is 0 Å². The third-order valence-electron chi connectivity index (χ3n) is 3.47. The summed E-state index contributed by atoms with van der Waals surface area (Å²) in [5.74, 6) is -0.112. The number of nitrogens with one attached hydrogen (secondary N) is 1. The zero-order chi connectivity index (χ0) is 16.2. The van der Waals surface area contributed by atoms with E-state index >= 15 is 0 Å². The summed E-state index contributed by atoms with van der Waals surface area (Å²) >= 11 is 0. The van der Waals surface area contributed by atoms with Gasteiger partial charge in [0.05, 0.1) is 6.04 Å². The Morgan fingerprint density at radius 1 is 1.13 bits per heavy atom. The third-order valence-corrected chi connectivity index (χ3v) is 3.47. The predicted octanol–water partition coefficient (Wildman–Crippen LogP) is 3.37. The van der Waals surface area contributed by atoms with Crippen LogP contribution in [0.1, 0.15) is 28.9 Å². The summed E-state index contributed by atoms with van der Waals surface area (Å²) in [5, 5.41) is 10.3. The van der Waals surface area contributed by atoms with Gasteiger partial charge in [0, 0.05) is 11.1 Å². The number of nitrogens with zero attached hydrogens (tertiary/aromatic N) is 2. The highest BCUT2D eigenvalue weighted by atomic mass is 19.1. The molecule has 2 aromatic carbocycles. The van der Waals surface area contributed by atoms with Gasteiger partial charge in [0.15, 0.2) is 0 Å². The first-order valence-electron chi connectivity index (χ1n) is 7.06. The lowest BCUT2D eigenvalue weighted by atomic mass is 10.1. The van der Waals surface area contributed by atoms with Gasteiger partial charge in [-0.15, -0.1) is 10.2 Å². The Morgan fingerprint density at radius 3 is 2.43 bits per heavy atom. The van der Waals surface area contributed by atoms with E-state index in [1.807, 2.05) is 6.92 Å². The fourth-order valence-corrected chi connectivity index (χ4v) is 2.18. The molecule has 0 saturated heterocycles.